The van der Waals surface area contributed by atoms with Gasteiger partial charge in [0.05, 0.1) is 5.38 Å². The molecule has 0 radical (unpaired) electrons. The van der Waals surface area contributed by atoms with Crippen molar-refractivity contribution in [3.63, 3.8) is 0 Å². The standard InChI is InChI=1S/C12H19ClO/c1-8(2)5-9-6-12(3,4)7-10(13)11(9)14/h9-10H,1,5-7H2,2-4H3/t9-,10+/m0/s1. The first-order chi connectivity index (χ1) is 6.32. The van der Waals surface area contributed by atoms with Crippen molar-refractivity contribution >= 4 is 17.4 Å². The normalized spacial score (nSPS) is 31.6. The summed E-state index contributed by atoms with van der Waals surface area (Å²) in [5.41, 5.74) is 1.27. The quantitative estimate of drug-likeness (QED) is 0.508. The number of alkyl halides is 1. The second-order valence-corrected chi connectivity index (χ2v) is 5.83. The van der Waals surface area contributed by atoms with E-state index in [9.17, 15) is 4.79 Å². The third kappa shape index (κ3) is 2.84. The molecule has 2 atom stereocenters. The maximum atomic E-state index is 11.8. The number of halogens is 1. The second-order valence-electron chi connectivity index (χ2n) is 5.30. The molecule has 0 aromatic heterocycles. The molecule has 0 aromatic carbocycles. The number of ketones is 1. The van der Waals surface area contributed by atoms with Gasteiger partial charge in [0.1, 0.15) is 0 Å². The molecule has 0 amide bonds. The summed E-state index contributed by atoms with van der Waals surface area (Å²) in [4.78, 5) is 11.8. The zero-order valence-corrected chi connectivity index (χ0v) is 10.0. The first-order valence-electron chi connectivity index (χ1n) is 5.14. The highest BCUT2D eigenvalue weighted by atomic mass is 35.5. The van der Waals surface area contributed by atoms with Gasteiger partial charge in [-0.05, 0) is 31.6 Å². The van der Waals surface area contributed by atoms with Crippen LogP contribution in [0.1, 0.15) is 40.0 Å². The average Bonchev–Trinajstić information content (AvgIpc) is 1.97. The number of carbonyl (C=O) groups is 1. The molecule has 1 nitrogen and oxygen atoms in total. The number of Topliss-reactive ketones (excluding diaryl/α,β-unsaturated/α-hetero) is 1. The molecular weight excluding hydrogens is 196 g/mol. The minimum absolute atomic E-state index is 0.0961. The topological polar surface area (TPSA) is 17.1 Å². The fourth-order valence-electron chi connectivity index (χ4n) is 2.29. The zero-order valence-electron chi connectivity index (χ0n) is 9.27. The molecule has 1 rings (SSSR count). The molecule has 0 bridgehead atoms. The van der Waals surface area contributed by atoms with Gasteiger partial charge < -0.3 is 0 Å². The minimum Gasteiger partial charge on any atom is -0.298 e. The maximum absolute atomic E-state index is 11.8. The Labute approximate surface area is 91.5 Å². The molecule has 1 aliphatic carbocycles. The number of hydrogen-bond acceptors (Lipinski definition) is 1. The fourth-order valence-corrected chi connectivity index (χ4v) is 2.88. The van der Waals surface area contributed by atoms with Gasteiger partial charge >= 0.3 is 0 Å². The Hall–Kier alpha value is -0.300. The van der Waals surface area contributed by atoms with E-state index in [1.165, 1.54) is 0 Å². The number of carbonyl (C=O) groups excluding carboxylic acids is 1. The number of rotatable bonds is 2. The predicted octanol–water partition coefficient (Wildman–Crippen LogP) is 3.57. The van der Waals surface area contributed by atoms with Crippen molar-refractivity contribution in [1.82, 2.24) is 0 Å². The summed E-state index contributed by atoms with van der Waals surface area (Å²) in [5, 5.41) is -0.289. The Morgan fingerprint density at radius 1 is 1.57 bits per heavy atom. The molecule has 0 unspecified atom stereocenters. The Morgan fingerprint density at radius 2 is 2.14 bits per heavy atom. The highest BCUT2D eigenvalue weighted by Gasteiger charge is 2.39. The van der Waals surface area contributed by atoms with Crippen molar-refractivity contribution in [3.8, 4) is 0 Å². The van der Waals surface area contributed by atoms with E-state index in [4.69, 9.17) is 11.6 Å². The molecular formula is C12H19ClO. The lowest BCUT2D eigenvalue weighted by atomic mass is 9.70. The van der Waals surface area contributed by atoms with Crippen LogP contribution in [0.3, 0.4) is 0 Å². The largest absolute Gasteiger partial charge is 0.298 e. The van der Waals surface area contributed by atoms with Gasteiger partial charge in [-0.15, -0.1) is 18.2 Å². The highest BCUT2D eigenvalue weighted by Crippen LogP contribution is 2.40. The summed E-state index contributed by atoms with van der Waals surface area (Å²) in [6.45, 7) is 10.2. The Balaban J connectivity index is 2.73. The van der Waals surface area contributed by atoms with Crippen molar-refractivity contribution in [2.75, 3.05) is 0 Å². The molecule has 0 heterocycles. The fraction of sp³-hybridized carbons (Fsp3) is 0.750. The predicted molar refractivity (Wildman–Crippen MR) is 60.6 cm³/mol. The van der Waals surface area contributed by atoms with Crippen LogP contribution < -0.4 is 0 Å². The van der Waals surface area contributed by atoms with Gasteiger partial charge in [-0.25, -0.2) is 0 Å². The van der Waals surface area contributed by atoms with E-state index in [1.807, 2.05) is 6.92 Å². The van der Waals surface area contributed by atoms with E-state index in [0.717, 1.165) is 24.8 Å². The lowest BCUT2D eigenvalue weighted by Gasteiger charge is -2.36. The average molecular weight is 215 g/mol. The van der Waals surface area contributed by atoms with Crippen LogP contribution in [-0.2, 0) is 4.79 Å². The van der Waals surface area contributed by atoms with E-state index >= 15 is 0 Å². The summed E-state index contributed by atoms with van der Waals surface area (Å²) in [6.07, 6.45) is 2.55. The van der Waals surface area contributed by atoms with Gasteiger partial charge in [-0.3, -0.25) is 4.79 Å². The van der Waals surface area contributed by atoms with Crippen molar-refractivity contribution < 1.29 is 4.79 Å². The van der Waals surface area contributed by atoms with Crippen LogP contribution in [0.25, 0.3) is 0 Å². The Kier molecular flexibility index (Phi) is 3.41. The summed E-state index contributed by atoms with van der Waals surface area (Å²) < 4.78 is 0. The van der Waals surface area contributed by atoms with E-state index < -0.39 is 0 Å². The van der Waals surface area contributed by atoms with Gasteiger partial charge in [0.2, 0.25) is 0 Å². The van der Waals surface area contributed by atoms with Gasteiger partial charge in [-0.2, -0.15) is 0 Å². The number of hydrogen-bond donors (Lipinski definition) is 0. The van der Waals surface area contributed by atoms with Crippen LogP contribution in [0, 0.1) is 11.3 Å². The second kappa shape index (κ2) is 4.06. The van der Waals surface area contributed by atoms with E-state index in [-0.39, 0.29) is 22.5 Å². The molecule has 0 saturated heterocycles. The molecule has 0 spiro atoms. The Morgan fingerprint density at radius 3 is 2.64 bits per heavy atom. The first-order valence-corrected chi connectivity index (χ1v) is 5.58. The minimum atomic E-state index is -0.289. The molecule has 1 saturated carbocycles. The number of allylic oxidation sites excluding steroid dienone is 1. The molecule has 2 heteroatoms. The summed E-state index contributed by atoms with van der Waals surface area (Å²) in [7, 11) is 0. The van der Waals surface area contributed by atoms with Crippen molar-refractivity contribution in [2.24, 2.45) is 11.3 Å². The van der Waals surface area contributed by atoms with Crippen LogP contribution in [-0.4, -0.2) is 11.2 Å². The van der Waals surface area contributed by atoms with Crippen LogP contribution >= 0.6 is 11.6 Å². The molecule has 14 heavy (non-hydrogen) atoms. The third-order valence-electron chi connectivity index (χ3n) is 2.84. The van der Waals surface area contributed by atoms with Crippen molar-refractivity contribution in [1.29, 1.82) is 0 Å². The van der Waals surface area contributed by atoms with Crippen LogP contribution in [0.15, 0.2) is 12.2 Å². The van der Waals surface area contributed by atoms with E-state index in [1.54, 1.807) is 0 Å². The van der Waals surface area contributed by atoms with Crippen molar-refractivity contribution in [2.45, 2.75) is 45.4 Å². The molecule has 0 N–H and O–H groups in total. The van der Waals surface area contributed by atoms with Crippen LogP contribution in [0.2, 0.25) is 0 Å². The summed E-state index contributed by atoms with van der Waals surface area (Å²) >= 11 is 6.05. The molecule has 0 aliphatic heterocycles. The SMILES string of the molecule is C=C(C)C[C@H]1CC(C)(C)C[C@@H](Cl)C1=O. The summed E-state index contributed by atoms with van der Waals surface area (Å²) in [6, 6.07) is 0. The lowest BCUT2D eigenvalue weighted by Crippen LogP contribution is -2.38. The maximum Gasteiger partial charge on any atom is 0.154 e. The van der Waals surface area contributed by atoms with Gasteiger partial charge in [0, 0.05) is 5.92 Å². The van der Waals surface area contributed by atoms with Crippen LogP contribution in [0.5, 0.6) is 0 Å². The molecule has 1 aliphatic rings. The van der Waals surface area contributed by atoms with E-state index in [2.05, 4.69) is 20.4 Å². The monoisotopic (exact) mass is 214 g/mol. The lowest BCUT2D eigenvalue weighted by molar-refractivity contribution is -0.126. The molecule has 0 aromatic rings. The molecule has 1 fully saturated rings. The van der Waals surface area contributed by atoms with Gasteiger partial charge in [0.15, 0.2) is 5.78 Å². The molecule has 80 valence electrons. The Bertz CT molecular complexity index is 255. The van der Waals surface area contributed by atoms with Gasteiger partial charge in [-0.1, -0.05) is 19.4 Å². The third-order valence-corrected chi connectivity index (χ3v) is 3.21. The highest BCUT2D eigenvalue weighted by molar-refractivity contribution is 6.31. The smallest absolute Gasteiger partial charge is 0.154 e. The van der Waals surface area contributed by atoms with Crippen LogP contribution in [0.4, 0.5) is 0 Å². The first kappa shape index (κ1) is 11.8. The summed E-state index contributed by atoms with van der Waals surface area (Å²) in [5.74, 6) is 0.313. The van der Waals surface area contributed by atoms with Gasteiger partial charge in [0.25, 0.3) is 0 Å². The van der Waals surface area contributed by atoms with E-state index in [0.29, 0.717) is 0 Å². The van der Waals surface area contributed by atoms with Crippen molar-refractivity contribution in [3.05, 3.63) is 12.2 Å². The zero-order chi connectivity index (χ0) is 10.9.